The number of hydroxylamine groups is 1. The molecule has 2 heterocycles. The minimum atomic E-state index is 0.344. The standard InChI is InChI=1S/C19H21N3O2/c1-2-6-17-13-19(24-21-17)15-23-22(18-7-4-3-5-8-18)14-16-9-11-20-12-10-16/h3-5,7-13H,2,6,14-15H2,1H3. The highest BCUT2D eigenvalue weighted by atomic mass is 16.7. The summed E-state index contributed by atoms with van der Waals surface area (Å²) in [4.78, 5) is 10.0. The van der Waals surface area contributed by atoms with Crippen LogP contribution < -0.4 is 5.06 Å². The number of pyridine rings is 1. The van der Waals surface area contributed by atoms with Gasteiger partial charge in [0.25, 0.3) is 0 Å². The van der Waals surface area contributed by atoms with Gasteiger partial charge >= 0.3 is 0 Å². The van der Waals surface area contributed by atoms with Crippen LogP contribution in [0.1, 0.15) is 30.4 Å². The Kier molecular flexibility index (Phi) is 5.58. The van der Waals surface area contributed by atoms with Crippen LogP contribution in [0, 0.1) is 0 Å². The summed E-state index contributed by atoms with van der Waals surface area (Å²) in [5.74, 6) is 0.731. The van der Waals surface area contributed by atoms with Crippen LogP contribution in [0.3, 0.4) is 0 Å². The lowest BCUT2D eigenvalue weighted by molar-refractivity contribution is 0.0743. The van der Waals surface area contributed by atoms with Crippen molar-refractivity contribution in [1.29, 1.82) is 0 Å². The van der Waals surface area contributed by atoms with Crippen LogP contribution in [0.25, 0.3) is 0 Å². The van der Waals surface area contributed by atoms with Crippen molar-refractivity contribution in [3.8, 4) is 0 Å². The van der Waals surface area contributed by atoms with Crippen LogP contribution >= 0.6 is 0 Å². The summed E-state index contributed by atoms with van der Waals surface area (Å²) >= 11 is 0. The Morgan fingerprint density at radius 3 is 2.62 bits per heavy atom. The maximum Gasteiger partial charge on any atom is 0.165 e. The monoisotopic (exact) mass is 323 g/mol. The highest BCUT2D eigenvalue weighted by Crippen LogP contribution is 2.19. The first-order valence-corrected chi connectivity index (χ1v) is 8.14. The van der Waals surface area contributed by atoms with Crippen molar-refractivity contribution < 1.29 is 9.36 Å². The molecule has 24 heavy (non-hydrogen) atoms. The van der Waals surface area contributed by atoms with Crippen LogP contribution in [0.15, 0.2) is 65.4 Å². The summed E-state index contributed by atoms with van der Waals surface area (Å²) in [5, 5.41) is 5.92. The maximum absolute atomic E-state index is 5.99. The molecule has 5 nitrogen and oxygen atoms in total. The molecule has 0 saturated carbocycles. The van der Waals surface area contributed by atoms with Crippen molar-refractivity contribution in [3.63, 3.8) is 0 Å². The lowest BCUT2D eigenvalue weighted by Gasteiger charge is -2.23. The Labute approximate surface area is 141 Å². The summed E-state index contributed by atoms with van der Waals surface area (Å²) in [6.45, 7) is 3.09. The zero-order valence-electron chi connectivity index (χ0n) is 13.8. The van der Waals surface area contributed by atoms with Crippen molar-refractivity contribution >= 4 is 5.69 Å². The third kappa shape index (κ3) is 4.43. The van der Waals surface area contributed by atoms with Gasteiger partial charge in [-0.3, -0.25) is 9.82 Å². The average molecular weight is 323 g/mol. The molecule has 0 fully saturated rings. The van der Waals surface area contributed by atoms with Crippen LogP contribution in [0.5, 0.6) is 0 Å². The molecule has 0 amide bonds. The first-order valence-electron chi connectivity index (χ1n) is 8.14. The van der Waals surface area contributed by atoms with Gasteiger partial charge in [-0.25, -0.2) is 5.06 Å². The number of benzene rings is 1. The van der Waals surface area contributed by atoms with E-state index in [4.69, 9.17) is 9.36 Å². The molecule has 3 aromatic rings. The third-order valence-corrected chi connectivity index (χ3v) is 3.60. The molecule has 0 aliphatic carbocycles. The number of hydrogen-bond donors (Lipinski definition) is 0. The van der Waals surface area contributed by atoms with Crippen molar-refractivity contribution in [2.45, 2.75) is 32.9 Å². The fraction of sp³-hybridized carbons (Fsp3) is 0.263. The summed E-state index contributed by atoms with van der Waals surface area (Å²) in [6.07, 6.45) is 5.53. The average Bonchev–Trinajstić information content (AvgIpc) is 3.08. The highest BCUT2D eigenvalue weighted by Gasteiger charge is 2.11. The molecule has 124 valence electrons. The van der Waals surface area contributed by atoms with Gasteiger partial charge in [-0.1, -0.05) is 36.7 Å². The van der Waals surface area contributed by atoms with Crippen molar-refractivity contribution in [2.24, 2.45) is 0 Å². The summed E-state index contributed by atoms with van der Waals surface area (Å²) in [7, 11) is 0. The number of para-hydroxylation sites is 1. The molecule has 5 heteroatoms. The van der Waals surface area contributed by atoms with Gasteiger partial charge in [-0.15, -0.1) is 0 Å². The SMILES string of the molecule is CCCc1cc(CON(Cc2ccncc2)c2ccccc2)on1. The largest absolute Gasteiger partial charge is 0.359 e. The smallest absolute Gasteiger partial charge is 0.165 e. The third-order valence-electron chi connectivity index (χ3n) is 3.60. The van der Waals surface area contributed by atoms with Crippen molar-refractivity contribution in [1.82, 2.24) is 10.1 Å². The van der Waals surface area contributed by atoms with E-state index in [-0.39, 0.29) is 0 Å². The number of nitrogens with zero attached hydrogens (tertiary/aromatic N) is 3. The van der Waals surface area contributed by atoms with Gasteiger partial charge in [0.05, 0.1) is 17.9 Å². The molecular weight excluding hydrogens is 302 g/mol. The van der Waals surface area contributed by atoms with Gasteiger partial charge in [-0.2, -0.15) is 0 Å². The first kappa shape index (κ1) is 16.2. The fourth-order valence-electron chi connectivity index (χ4n) is 2.40. The van der Waals surface area contributed by atoms with Gasteiger partial charge in [0, 0.05) is 18.5 Å². The van der Waals surface area contributed by atoms with E-state index in [2.05, 4.69) is 17.1 Å². The van der Waals surface area contributed by atoms with E-state index in [1.54, 1.807) is 12.4 Å². The number of aromatic nitrogens is 2. The Hall–Kier alpha value is -2.66. The molecule has 3 rings (SSSR count). The van der Waals surface area contributed by atoms with Gasteiger partial charge < -0.3 is 4.52 Å². The van der Waals surface area contributed by atoms with Gasteiger partial charge in [-0.05, 0) is 36.2 Å². The predicted octanol–water partition coefficient (Wildman–Crippen LogP) is 4.16. The normalized spacial score (nSPS) is 10.7. The molecule has 0 N–H and O–H groups in total. The molecule has 0 aliphatic rings. The molecule has 1 aromatic carbocycles. The summed E-state index contributed by atoms with van der Waals surface area (Å²) in [6, 6.07) is 15.9. The minimum absolute atomic E-state index is 0.344. The highest BCUT2D eigenvalue weighted by molar-refractivity contribution is 5.44. The molecule has 0 radical (unpaired) electrons. The Bertz CT molecular complexity index is 729. The minimum Gasteiger partial charge on any atom is -0.359 e. The molecule has 0 saturated heterocycles. The number of rotatable bonds is 8. The van der Waals surface area contributed by atoms with E-state index in [1.807, 2.05) is 53.6 Å². The van der Waals surface area contributed by atoms with Crippen molar-refractivity contribution in [2.75, 3.05) is 5.06 Å². The van der Waals surface area contributed by atoms with Crippen LogP contribution in [0.4, 0.5) is 5.69 Å². The Morgan fingerprint density at radius 1 is 1.08 bits per heavy atom. The maximum atomic E-state index is 5.99. The number of anilines is 1. The van der Waals surface area contributed by atoms with E-state index < -0.39 is 0 Å². The second kappa shape index (κ2) is 8.26. The van der Waals surface area contributed by atoms with E-state index in [0.717, 1.165) is 35.5 Å². The molecule has 0 aliphatic heterocycles. The molecule has 2 aromatic heterocycles. The van der Waals surface area contributed by atoms with Crippen LogP contribution in [-0.4, -0.2) is 10.1 Å². The van der Waals surface area contributed by atoms with Crippen molar-refractivity contribution in [3.05, 3.63) is 77.9 Å². The van der Waals surface area contributed by atoms with Crippen LogP contribution in [0.2, 0.25) is 0 Å². The Morgan fingerprint density at radius 2 is 1.88 bits per heavy atom. The Balaban J connectivity index is 1.69. The van der Waals surface area contributed by atoms with E-state index in [9.17, 15) is 0 Å². The zero-order valence-corrected chi connectivity index (χ0v) is 13.8. The van der Waals surface area contributed by atoms with Gasteiger partial charge in [0.1, 0.15) is 6.61 Å². The lowest BCUT2D eigenvalue weighted by Crippen LogP contribution is -2.22. The van der Waals surface area contributed by atoms with E-state index in [1.165, 1.54) is 0 Å². The zero-order chi connectivity index (χ0) is 16.6. The summed E-state index contributed by atoms with van der Waals surface area (Å²) in [5.41, 5.74) is 3.08. The second-order valence-electron chi connectivity index (χ2n) is 5.54. The fourth-order valence-corrected chi connectivity index (χ4v) is 2.40. The van der Waals surface area contributed by atoms with Crippen LogP contribution in [-0.2, 0) is 24.4 Å². The lowest BCUT2D eigenvalue weighted by atomic mass is 10.2. The quantitative estimate of drug-likeness (QED) is 0.583. The van der Waals surface area contributed by atoms with Gasteiger partial charge in [0.15, 0.2) is 5.76 Å². The topological polar surface area (TPSA) is 51.4 Å². The molecular formula is C19H21N3O2. The summed E-state index contributed by atoms with van der Waals surface area (Å²) < 4.78 is 5.34. The molecule has 0 bridgehead atoms. The van der Waals surface area contributed by atoms with E-state index in [0.29, 0.717) is 13.2 Å². The number of hydrogen-bond acceptors (Lipinski definition) is 5. The van der Waals surface area contributed by atoms with E-state index >= 15 is 0 Å². The number of aryl methyl sites for hydroxylation is 1. The predicted molar refractivity (Wildman–Crippen MR) is 92.1 cm³/mol. The molecule has 0 unspecified atom stereocenters. The molecule has 0 spiro atoms. The second-order valence-corrected chi connectivity index (χ2v) is 5.54. The molecule has 0 atom stereocenters. The van der Waals surface area contributed by atoms with Gasteiger partial charge in [0.2, 0.25) is 0 Å². The first-order chi connectivity index (χ1) is 11.8.